The van der Waals surface area contributed by atoms with Crippen LogP contribution >= 0.6 is 0 Å². The molecule has 1 aromatic heterocycles. The zero-order valence-corrected chi connectivity index (χ0v) is 19.2. The highest BCUT2D eigenvalue weighted by atomic mass is 16.5. The number of Topliss-reactive ketones (excluding diaryl/α,β-unsaturated/α-hetero) is 1. The Balaban J connectivity index is 1.72. The number of hydrogen-bond donors (Lipinski definition) is 1. The second-order valence-electron chi connectivity index (χ2n) is 8.36. The van der Waals surface area contributed by atoms with Crippen LogP contribution < -0.4 is 19.5 Å². The lowest BCUT2D eigenvalue weighted by Crippen LogP contribution is -3.10. The Labute approximate surface area is 188 Å². The van der Waals surface area contributed by atoms with Crippen LogP contribution in [0.4, 0.5) is 0 Å². The molecule has 0 aliphatic carbocycles. The molecule has 6 heteroatoms. The van der Waals surface area contributed by atoms with Gasteiger partial charge in [0.25, 0.3) is 0 Å². The van der Waals surface area contributed by atoms with Gasteiger partial charge >= 0.3 is 0 Å². The monoisotopic (exact) mass is 434 g/mol. The van der Waals surface area contributed by atoms with Crippen molar-refractivity contribution in [3.63, 3.8) is 0 Å². The molecule has 168 valence electrons. The molecule has 1 aliphatic rings. The highest BCUT2D eigenvalue weighted by Gasteiger charge is 2.31. The molecule has 0 unspecified atom stereocenters. The number of ketones is 1. The number of carbonyl (C=O) groups is 1. The fraction of sp³-hybridized carbons (Fsp3) is 0.346. The normalized spacial score (nSPS) is 14.4. The van der Waals surface area contributed by atoms with E-state index in [-0.39, 0.29) is 17.3 Å². The Morgan fingerprint density at radius 3 is 2.59 bits per heavy atom. The van der Waals surface area contributed by atoms with Gasteiger partial charge in [-0.1, -0.05) is 25.7 Å². The van der Waals surface area contributed by atoms with Gasteiger partial charge in [0.1, 0.15) is 18.0 Å². The second-order valence-corrected chi connectivity index (χ2v) is 8.36. The quantitative estimate of drug-likeness (QED) is 0.554. The van der Waals surface area contributed by atoms with Crippen LogP contribution in [0.1, 0.15) is 48.2 Å². The number of rotatable bonds is 8. The van der Waals surface area contributed by atoms with Crippen LogP contribution in [-0.2, 0) is 13.6 Å². The summed E-state index contributed by atoms with van der Waals surface area (Å²) in [6.07, 6.45) is 5.80. The first kappa shape index (κ1) is 22.0. The molecule has 0 fully saturated rings. The van der Waals surface area contributed by atoms with E-state index in [1.165, 1.54) is 11.0 Å². The smallest absolute Gasteiger partial charge is 0.231 e. The van der Waals surface area contributed by atoms with Crippen LogP contribution in [0.3, 0.4) is 0 Å². The molecule has 0 spiro atoms. The molecule has 6 nitrogen and oxygen atoms in total. The number of aromatic nitrogens is 1. The highest BCUT2D eigenvalue weighted by molar-refractivity contribution is 6.15. The third-order valence-corrected chi connectivity index (χ3v) is 6.05. The Morgan fingerprint density at radius 2 is 1.91 bits per heavy atom. The molecule has 1 N–H and O–H groups in total. The molecule has 0 saturated carbocycles. The summed E-state index contributed by atoms with van der Waals surface area (Å²) in [7, 11) is 3.59. The summed E-state index contributed by atoms with van der Waals surface area (Å²) in [5.41, 5.74) is 2.96. The maximum Gasteiger partial charge on any atom is 0.231 e. The minimum absolute atomic E-state index is 0.0718. The third kappa shape index (κ3) is 3.98. The van der Waals surface area contributed by atoms with E-state index in [2.05, 4.69) is 13.8 Å². The van der Waals surface area contributed by atoms with Gasteiger partial charge in [-0.3, -0.25) is 4.79 Å². The molecular formula is C26H30N2O4. The fourth-order valence-corrected chi connectivity index (χ4v) is 4.50. The van der Waals surface area contributed by atoms with Crippen molar-refractivity contribution >= 4 is 22.8 Å². The Hall–Kier alpha value is -3.25. The van der Waals surface area contributed by atoms with Gasteiger partial charge in [-0.2, -0.15) is 0 Å². The summed E-state index contributed by atoms with van der Waals surface area (Å²) in [5, 5.41) is 13.7. The third-order valence-electron chi connectivity index (χ3n) is 6.05. The molecule has 0 atom stereocenters. The second kappa shape index (κ2) is 9.09. The number of nitrogens with one attached hydrogen (secondary N) is 1. The SMILES string of the molecule is CCC[NH+](CCC)Cc1c([O-])ccc2c1O/C(=C/c1cn(C)c3ccc(OC)cc13)C2=O. The number of aryl methyl sites for hydroxylation is 1. The summed E-state index contributed by atoms with van der Waals surface area (Å²) in [6.45, 7) is 6.80. The minimum atomic E-state index is -0.186. The van der Waals surface area contributed by atoms with Crippen LogP contribution in [0.5, 0.6) is 17.2 Å². The van der Waals surface area contributed by atoms with Crippen molar-refractivity contribution in [3.8, 4) is 17.2 Å². The molecule has 1 aliphatic heterocycles. The van der Waals surface area contributed by atoms with Crippen LogP contribution in [-0.4, -0.2) is 30.5 Å². The molecule has 0 saturated heterocycles. The number of nitrogens with zero attached hydrogens (tertiary/aromatic N) is 1. The molecule has 2 heterocycles. The first-order valence-electron chi connectivity index (χ1n) is 11.2. The molecule has 3 aromatic rings. The van der Waals surface area contributed by atoms with Crippen LogP contribution in [0.15, 0.2) is 42.3 Å². The maximum atomic E-state index is 13.1. The molecule has 0 amide bonds. The van der Waals surface area contributed by atoms with E-state index >= 15 is 0 Å². The Kier molecular flexibility index (Phi) is 6.24. The summed E-state index contributed by atoms with van der Waals surface area (Å²) < 4.78 is 13.4. The minimum Gasteiger partial charge on any atom is -0.872 e. The standard InChI is InChI=1S/C26H30N2O4/c1-5-11-28(12-6-2)16-21-23(29)10-8-19-25(30)24(32-26(19)21)13-17-15-27(3)22-9-7-18(31-4)14-20(17)22/h7-10,13-15,29H,5-6,11-12,16H2,1-4H3/b24-13+. The van der Waals surface area contributed by atoms with Crippen molar-refractivity contribution in [3.05, 3.63) is 59.0 Å². The number of benzene rings is 2. The van der Waals surface area contributed by atoms with Gasteiger partial charge in [0.05, 0.1) is 25.8 Å². The van der Waals surface area contributed by atoms with Gasteiger partial charge in [-0.15, -0.1) is 0 Å². The number of carbonyl (C=O) groups excluding carboxylic acids is 1. The number of fused-ring (bicyclic) bond motifs is 2. The summed E-state index contributed by atoms with van der Waals surface area (Å²) in [5.74, 6) is 1.16. The number of methoxy groups -OCH3 is 1. The number of allylic oxidation sites excluding steroid dienone is 1. The zero-order valence-electron chi connectivity index (χ0n) is 19.2. The van der Waals surface area contributed by atoms with Gasteiger partial charge in [-0.05, 0) is 43.2 Å². The predicted octanol–water partition coefficient (Wildman–Crippen LogP) is 3.08. The van der Waals surface area contributed by atoms with E-state index in [1.54, 1.807) is 19.3 Å². The molecule has 4 rings (SSSR count). The zero-order chi connectivity index (χ0) is 22.8. The molecule has 0 radical (unpaired) electrons. The number of hydrogen-bond acceptors (Lipinski definition) is 4. The average Bonchev–Trinajstić information content (AvgIpc) is 3.27. The highest BCUT2D eigenvalue weighted by Crippen LogP contribution is 2.39. The van der Waals surface area contributed by atoms with Gasteiger partial charge in [0, 0.05) is 35.3 Å². The topological polar surface area (TPSA) is 68.0 Å². The van der Waals surface area contributed by atoms with E-state index in [0.29, 0.717) is 23.4 Å². The van der Waals surface area contributed by atoms with Crippen molar-refractivity contribution in [2.75, 3.05) is 20.2 Å². The van der Waals surface area contributed by atoms with Gasteiger partial charge in [0.15, 0.2) is 5.76 Å². The predicted molar refractivity (Wildman–Crippen MR) is 123 cm³/mol. The lowest BCUT2D eigenvalue weighted by Gasteiger charge is -2.23. The first-order valence-corrected chi connectivity index (χ1v) is 11.2. The van der Waals surface area contributed by atoms with Crippen LogP contribution in [0, 0.1) is 0 Å². The van der Waals surface area contributed by atoms with Crippen molar-refractivity contribution in [1.82, 2.24) is 4.57 Å². The van der Waals surface area contributed by atoms with E-state index in [4.69, 9.17) is 9.47 Å². The Morgan fingerprint density at radius 1 is 1.16 bits per heavy atom. The molecule has 0 bridgehead atoms. The van der Waals surface area contributed by atoms with E-state index in [9.17, 15) is 9.90 Å². The Bertz CT molecular complexity index is 1190. The van der Waals surface area contributed by atoms with E-state index < -0.39 is 0 Å². The summed E-state index contributed by atoms with van der Waals surface area (Å²) >= 11 is 0. The summed E-state index contributed by atoms with van der Waals surface area (Å²) in [6, 6.07) is 8.94. The van der Waals surface area contributed by atoms with Crippen molar-refractivity contribution in [1.29, 1.82) is 0 Å². The lowest BCUT2D eigenvalue weighted by molar-refractivity contribution is -0.914. The van der Waals surface area contributed by atoms with Crippen LogP contribution in [0.25, 0.3) is 17.0 Å². The lowest BCUT2D eigenvalue weighted by atomic mass is 10.0. The van der Waals surface area contributed by atoms with Gasteiger partial charge in [0.2, 0.25) is 5.78 Å². The van der Waals surface area contributed by atoms with Crippen molar-refractivity contribution in [2.45, 2.75) is 33.2 Å². The average molecular weight is 435 g/mol. The van der Waals surface area contributed by atoms with Crippen molar-refractivity contribution in [2.24, 2.45) is 7.05 Å². The summed E-state index contributed by atoms with van der Waals surface area (Å²) in [4.78, 5) is 14.5. The fourth-order valence-electron chi connectivity index (χ4n) is 4.50. The van der Waals surface area contributed by atoms with E-state index in [0.717, 1.165) is 48.1 Å². The van der Waals surface area contributed by atoms with Gasteiger partial charge < -0.3 is 24.0 Å². The largest absolute Gasteiger partial charge is 0.872 e. The van der Waals surface area contributed by atoms with Crippen molar-refractivity contribution < 1.29 is 24.3 Å². The molecular weight excluding hydrogens is 404 g/mol. The first-order chi connectivity index (χ1) is 15.5. The van der Waals surface area contributed by atoms with Gasteiger partial charge in [-0.25, -0.2) is 0 Å². The molecule has 2 aromatic carbocycles. The number of quaternary nitrogens is 1. The van der Waals surface area contributed by atoms with E-state index in [1.807, 2.05) is 36.0 Å². The van der Waals surface area contributed by atoms with Crippen LogP contribution in [0.2, 0.25) is 0 Å². The maximum absolute atomic E-state index is 13.1. The molecule has 32 heavy (non-hydrogen) atoms. The number of ether oxygens (including phenoxy) is 2.